The first-order valence-corrected chi connectivity index (χ1v) is 10.7. The highest BCUT2D eigenvalue weighted by Crippen LogP contribution is 2.29. The van der Waals surface area contributed by atoms with E-state index in [-0.39, 0.29) is 5.91 Å². The van der Waals surface area contributed by atoms with Gasteiger partial charge in [0.1, 0.15) is 5.82 Å². The zero-order valence-corrected chi connectivity index (χ0v) is 17.4. The number of nitrogens with one attached hydrogen (secondary N) is 2. The van der Waals surface area contributed by atoms with Crippen molar-refractivity contribution < 1.29 is 4.79 Å². The third kappa shape index (κ3) is 5.07. The second-order valence-corrected chi connectivity index (χ2v) is 8.37. The summed E-state index contributed by atoms with van der Waals surface area (Å²) in [5, 5.41) is 8.07. The summed E-state index contributed by atoms with van der Waals surface area (Å²) < 4.78 is 0. The number of pyridine rings is 1. The second-order valence-electron chi connectivity index (χ2n) is 7.93. The van der Waals surface area contributed by atoms with Gasteiger partial charge in [0, 0.05) is 28.2 Å². The maximum Gasteiger partial charge on any atom is 0.224 e. The molecule has 0 atom stereocenters. The van der Waals surface area contributed by atoms with E-state index in [1.54, 1.807) is 0 Å². The minimum absolute atomic E-state index is 0.0982. The summed E-state index contributed by atoms with van der Waals surface area (Å²) in [4.78, 5) is 17.0. The van der Waals surface area contributed by atoms with E-state index in [9.17, 15) is 4.79 Å². The number of amides is 1. The Labute approximate surface area is 176 Å². The van der Waals surface area contributed by atoms with E-state index in [2.05, 4.69) is 17.6 Å². The second kappa shape index (κ2) is 8.83. The number of nitrogens with zero attached hydrogens (tertiary/aromatic N) is 1. The molecule has 29 heavy (non-hydrogen) atoms. The van der Waals surface area contributed by atoms with Crippen LogP contribution in [0.25, 0.3) is 10.9 Å². The highest BCUT2D eigenvalue weighted by atomic mass is 35.5. The topological polar surface area (TPSA) is 54.0 Å². The normalized spacial score (nSPS) is 14.3. The number of hydrogen-bond acceptors (Lipinski definition) is 3. The molecule has 4 rings (SSSR count). The van der Waals surface area contributed by atoms with Gasteiger partial charge in [-0.2, -0.15) is 0 Å². The molecule has 1 aromatic heterocycles. The van der Waals surface area contributed by atoms with E-state index in [0.29, 0.717) is 11.4 Å². The van der Waals surface area contributed by atoms with Gasteiger partial charge in [-0.1, -0.05) is 43.4 Å². The van der Waals surface area contributed by atoms with E-state index in [0.717, 1.165) is 46.0 Å². The molecule has 0 aliphatic heterocycles. The van der Waals surface area contributed by atoms with Crippen molar-refractivity contribution in [3.8, 4) is 0 Å². The third-order valence-corrected chi connectivity index (χ3v) is 5.89. The largest absolute Gasteiger partial charge is 0.340 e. The van der Waals surface area contributed by atoms with Crippen molar-refractivity contribution in [1.29, 1.82) is 0 Å². The van der Waals surface area contributed by atoms with Crippen LogP contribution in [0.3, 0.4) is 0 Å². The van der Waals surface area contributed by atoms with Gasteiger partial charge in [-0.05, 0) is 67.3 Å². The molecule has 0 unspecified atom stereocenters. The summed E-state index contributed by atoms with van der Waals surface area (Å²) >= 11 is 6.06. The van der Waals surface area contributed by atoms with Crippen LogP contribution in [0, 0.1) is 12.8 Å². The molecule has 1 saturated carbocycles. The lowest BCUT2D eigenvalue weighted by Crippen LogP contribution is -2.12. The van der Waals surface area contributed by atoms with Crippen LogP contribution in [-0.2, 0) is 4.79 Å². The predicted octanol–water partition coefficient (Wildman–Crippen LogP) is 6.85. The summed E-state index contributed by atoms with van der Waals surface area (Å²) in [6, 6.07) is 15.5. The third-order valence-electron chi connectivity index (χ3n) is 5.65. The van der Waals surface area contributed by atoms with Gasteiger partial charge in [0.25, 0.3) is 0 Å². The highest BCUT2D eigenvalue weighted by molar-refractivity contribution is 6.30. The fraction of sp³-hybridized carbons (Fsp3) is 0.333. The number of anilines is 3. The van der Waals surface area contributed by atoms with Gasteiger partial charge in [-0.15, -0.1) is 0 Å². The molecular weight excluding hydrogens is 382 g/mol. The molecule has 0 bridgehead atoms. The van der Waals surface area contributed by atoms with Crippen LogP contribution in [0.5, 0.6) is 0 Å². The molecule has 0 radical (unpaired) electrons. The van der Waals surface area contributed by atoms with Crippen LogP contribution in [0.1, 0.15) is 44.1 Å². The summed E-state index contributed by atoms with van der Waals surface area (Å²) in [5.41, 5.74) is 3.71. The van der Waals surface area contributed by atoms with Gasteiger partial charge in [0.15, 0.2) is 0 Å². The van der Waals surface area contributed by atoms with Crippen molar-refractivity contribution in [3.05, 3.63) is 59.1 Å². The number of carbonyl (C=O) groups is 1. The first-order chi connectivity index (χ1) is 14.1. The molecule has 2 N–H and O–H groups in total. The molecule has 1 aliphatic carbocycles. The quantitative estimate of drug-likeness (QED) is 0.469. The average Bonchev–Trinajstić information content (AvgIpc) is 3.21. The number of aromatic nitrogens is 1. The Kier molecular flexibility index (Phi) is 6.00. The Morgan fingerprint density at radius 1 is 1.10 bits per heavy atom. The van der Waals surface area contributed by atoms with Crippen LogP contribution in [0.2, 0.25) is 5.02 Å². The molecular formula is C24H26ClN3O. The lowest BCUT2D eigenvalue weighted by atomic mass is 10.0. The number of carbonyl (C=O) groups excluding carboxylic acids is 1. The smallest absolute Gasteiger partial charge is 0.224 e. The summed E-state index contributed by atoms with van der Waals surface area (Å²) in [5.74, 6) is 1.60. The van der Waals surface area contributed by atoms with Gasteiger partial charge in [0.2, 0.25) is 5.91 Å². The average molecular weight is 408 g/mol. The van der Waals surface area contributed by atoms with Crippen LogP contribution in [0.4, 0.5) is 17.2 Å². The fourth-order valence-electron chi connectivity index (χ4n) is 4.11. The number of aryl methyl sites for hydroxylation is 1. The zero-order chi connectivity index (χ0) is 20.2. The molecule has 0 spiro atoms. The summed E-state index contributed by atoms with van der Waals surface area (Å²) in [7, 11) is 0. The monoisotopic (exact) mass is 407 g/mol. The predicted molar refractivity (Wildman–Crippen MR) is 121 cm³/mol. The Morgan fingerprint density at radius 3 is 2.72 bits per heavy atom. The van der Waals surface area contributed by atoms with Gasteiger partial charge >= 0.3 is 0 Å². The van der Waals surface area contributed by atoms with E-state index in [4.69, 9.17) is 16.6 Å². The molecule has 1 aliphatic rings. The van der Waals surface area contributed by atoms with Crippen molar-refractivity contribution in [1.82, 2.24) is 4.98 Å². The van der Waals surface area contributed by atoms with E-state index in [1.807, 2.05) is 48.5 Å². The van der Waals surface area contributed by atoms with Gasteiger partial charge in [0.05, 0.1) is 5.52 Å². The molecule has 1 amide bonds. The van der Waals surface area contributed by atoms with E-state index in [1.165, 1.54) is 25.7 Å². The first-order valence-electron chi connectivity index (χ1n) is 10.3. The SMILES string of the molecule is Cc1cc(Nc2cccc(Cl)c2)nc2ccc(NC(=O)CCC3CCCC3)cc12. The number of halogens is 1. The van der Waals surface area contributed by atoms with E-state index < -0.39 is 0 Å². The van der Waals surface area contributed by atoms with Crippen molar-refractivity contribution in [2.45, 2.75) is 45.4 Å². The molecule has 150 valence electrons. The first kappa shape index (κ1) is 19.7. The van der Waals surface area contributed by atoms with E-state index >= 15 is 0 Å². The Balaban J connectivity index is 1.46. The zero-order valence-electron chi connectivity index (χ0n) is 16.7. The highest BCUT2D eigenvalue weighted by Gasteiger charge is 2.16. The Bertz CT molecular complexity index is 1030. The van der Waals surface area contributed by atoms with Crippen LogP contribution in [-0.4, -0.2) is 10.9 Å². The molecule has 0 saturated heterocycles. The Morgan fingerprint density at radius 2 is 1.93 bits per heavy atom. The molecule has 2 aromatic carbocycles. The molecule has 1 fully saturated rings. The lowest BCUT2D eigenvalue weighted by molar-refractivity contribution is -0.116. The minimum atomic E-state index is 0.0982. The number of benzene rings is 2. The maximum atomic E-state index is 12.3. The number of hydrogen-bond donors (Lipinski definition) is 2. The minimum Gasteiger partial charge on any atom is -0.340 e. The van der Waals surface area contributed by atoms with Crippen molar-refractivity contribution >= 4 is 45.6 Å². The molecule has 1 heterocycles. The Hall–Kier alpha value is -2.59. The van der Waals surface area contributed by atoms with Crippen molar-refractivity contribution in [3.63, 3.8) is 0 Å². The standard InChI is InChI=1S/C24H26ClN3O/c1-16-13-23(26-19-8-4-7-18(25)14-19)28-22-11-10-20(15-21(16)22)27-24(29)12-9-17-5-2-3-6-17/h4,7-8,10-11,13-15,17H,2-3,5-6,9,12H2,1H3,(H,26,28)(H,27,29). The number of rotatable bonds is 6. The molecule has 5 heteroatoms. The summed E-state index contributed by atoms with van der Waals surface area (Å²) in [6.45, 7) is 2.05. The summed E-state index contributed by atoms with van der Waals surface area (Å²) in [6.07, 6.45) is 6.79. The van der Waals surface area contributed by atoms with Gasteiger partial charge in [-0.25, -0.2) is 4.98 Å². The fourth-order valence-corrected chi connectivity index (χ4v) is 4.30. The number of fused-ring (bicyclic) bond motifs is 1. The van der Waals surface area contributed by atoms with Gasteiger partial charge < -0.3 is 10.6 Å². The lowest BCUT2D eigenvalue weighted by Gasteiger charge is -2.12. The molecule has 3 aromatic rings. The maximum absolute atomic E-state index is 12.3. The van der Waals surface area contributed by atoms with Crippen molar-refractivity contribution in [2.75, 3.05) is 10.6 Å². The molecule has 4 nitrogen and oxygen atoms in total. The van der Waals surface area contributed by atoms with Gasteiger partial charge in [-0.3, -0.25) is 4.79 Å². The van der Waals surface area contributed by atoms with Crippen LogP contribution in [0.15, 0.2) is 48.5 Å². The van der Waals surface area contributed by atoms with Crippen molar-refractivity contribution in [2.24, 2.45) is 5.92 Å². The van der Waals surface area contributed by atoms with Crippen LogP contribution < -0.4 is 10.6 Å². The van der Waals surface area contributed by atoms with Crippen LogP contribution >= 0.6 is 11.6 Å².